The van der Waals surface area contributed by atoms with Gasteiger partial charge in [-0.15, -0.1) is 11.3 Å². The molecule has 0 spiro atoms. The van der Waals surface area contributed by atoms with Gasteiger partial charge in [-0.3, -0.25) is 0 Å². The van der Waals surface area contributed by atoms with Crippen molar-refractivity contribution in [2.24, 2.45) is 0 Å². The number of hydrogen-bond donors (Lipinski definition) is 1. The Hall–Kier alpha value is -1.81. The van der Waals surface area contributed by atoms with Crippen molar-refractivity contribution >= 4 is 28.0 Å². The number of carbonyl (C=O) groups excluding carboxylic acids is 1. The van der Waals surface area contributed by atoms with Crippen LogP contribution < -0.4 is 5.32 Å². The van der Waals surface area contributed by atoms with Crippen molar-refractivity contribution in [2.75, 3.05) is 11.9 Å². The number of esters is 1. The summed E-state index contributed by atoms with van der Waals surface area (Å²) in [5.74, 6) is -0.198. The lowest BCUT2D eigenvalue weighted by atomic mass is 9.87. The van der Waals surface area contributed by atoms with Crippen molar-refractivity contribution in [3.8, 4) is 0 Å². The van der Waals surface area contributed by atoms with Crippen LogP contribution in [0.2, 0.25) is 0 Å². The van der Waals surface area contributed by atoms with E-state index in [1.54, 1.807) is 11.3 Å². The van der Waals surface area contributed by atoms with E-state index in [0.29, 0.717) is 6.61 Å². The molecular formula is C21H27NO2S. The Balaban J connectivity index is 1.91. The summed E-state index contributed by atoms with van der Waals surface area (Å²) in [4.78, 5) is 13.9. The lowest BCUT2D eigenvalue weighted by molar-refractivity contribution is 0.0526. The van der Waals surface area contributed by atoms with E-state index >= 15 is 0 Å². The van der Waals surface area contributed by atoms with Crippen molar-refractivity contribution in [1.82, 2.24) is 0 Å². The molecule has 0 aliphatic heterocycles. The minimum Gasteiger partial charge on any atom is -0.462 e. The van der Waals surface area contributed by atoms with Crippen LogP contribution in [0.15, 0.2) is 24.3 Å². The van der Waals surface area contributed by atoms with Gasteiger partial charge >= 0.3 is 5.97 Å². The first-order valence-corrected chi connectivity index (χ1v) is 9.91. The molecule has 25 heavy (non-hydrogen) atoms. The molecule has 0 amide bonds. The molecule has 0 unspecified atom stereocenters. The van der Waals surface area contributed by atoms with E-state index < -0.39 is 0 Å². The van der Waals surface area contributed by atoms with Crippen molar-refractivity contribution < 1.29 is 9.53 Å². The zero-order valence-corrected chi connectivity index (χ0v) is 16.4. The molecule has 2 aromatic rings. The molecule has 1 aromatic heterocycles. The monoisotopic (exact) mass is 357 g/mol. The summed E-state index contributed by atoms with van der Waals surface area (Å²) in [6.45, 7) is 8.89. The molecule has 1 aliphatic rings. The summed E-state index contributed by atoms with van der Waals surface area (Å²) >= 11 is 1.71. The van der Waals surface area contributed by atoms with Crippen LogP contribution >= 0.6 is 11.3 Å². The normalized spacial score (nSPS) is 14.1. The lowest BCUT2D eigenvalue weighted by Crippen LogP contribution is -2.11. The number of anilines is 2. The highest BCUT2D eigenvalue weighted by Crippen LogP contribution is 2.40. The lowest BCUT2D eigenvalue weighted by Gasteiger charge is -2.19. The zero-order chi connectivity index (χ0) is 18.0. The molecule has 134 valence electrons. The van der Waals surface area contributed by atoms with E-state index in [1.807, 2.05) is 6.92 Å². The average Bonchev–Trinajstić information content (AvgIpc) is 2.92. The molecule has 0 saturated carbocycles. The Labute approximate surface area is 154 Å². The number of benzene rings is 1. The summed E-state index contributed by atoms with van der Waals surface area (Å²) in [6, 6.07) is 8.49. The van der Waals surface area contributed by atoms with Crippen LogP contribution in [0.25, 0.3) is 0 Å². The molecule has 3 nitrogen and oxygen atoms in total. The van der Waals surface area contributed by atoms with Gasteiger partial charge in [0.25, 0.3) is 0 Å². The number of nitrogens with one attached hydrogen (secondary N) is 1. The molecule has 3 rings (SSSR count). The quantitative estimate of drug-likeness (QED) is 0.698. The molecule has 0 saturated heterocycles. The Morgan fingerprint density at radius 1 is 1.16 bits per heavy atom. The van der Waals surface area contributed by atoms with Gasteiger partial charge in [-0.25, -0.2) is 4.79 Å². The molecule has 0 atom stereocenters. The number of ether oxygens (including phenoxy) is 1. The predicted octanol–water partition coefficient (Wildman–Crippen LogP) is 5.84. The molecule has 0 bridgehead atoms. The van der Waals surface area contributed by atoms with Crippen LogP contribution in [-0.4, -0.2) is 12.6 Å². The molecule has 0 radical (unpaired) electrons. The number of rotatable bonds is 4. The molecule has 1 aliphatic carbocycles. The SMILES string of the molecule is CCOC(=O)c1c(Nc2ccc(C(C)(C)C)cc2)sc2c1CCCC2. The van der Waals surface area contributed by atoms with Gasteiger partial charge in [0.15, 0.2) is 0 Å². The van der Waals surface area contributed by atoms with Crippen LogP contribution in [0.3, 0.4) is 0 Å². The first-order valence-electron chi connectivity index (χ1n) is 9.09. The van der Waals surface area contributed by atoms with Gasteiger partial charge in [0.2, 0.25) is 0 Å². The highest BCUT2D eigenvalue weighted by atomic mass is 32.1. The molecule has 4 heteroatoms. The fraction of sp³-hybridized carbons (Fsp3) is 0.476. The van der Waals surface area contributed by atoms with Crippen molar-refractivity contribution in [3.63, 3.8) is 0 Å². The van der Waals surface area contributed by atoms with Gasteiger partial charge in [-0.05, 0) is 61.3 Å². The average molecular weight is 358 g/mol. The maximum atomic E-state index is 12.5. The summed E-state index contributed by atoms with van der Waals surface area (Å²) < 4.78 is 5.32. The Morgan fingerprint density at radius 2 is 1.84 bits per heavy atom. The van der Waals surface area contributed by atoms with Crippen LogP contribution in [0.4, 0.5) is 10.7 Å². The Bertz CT molecular complexity index is 753. The maximum Gasteiger partial charge on any atom is 0.341 e. The van der Waals surface area contributed by atoms with Gasteiger partial charge in [-0.1, -0.05) is 32.9 Å². The number of aryl methyl sites for hydroxylation is 1. The molecule has 1 heterocycles. The third-order valence-electron chi connectivity index (χ3n) is 4.66. The van der Waals surface area contributed by atoms with Crippen LogP contribution in [0, 0.1) is 0 Å². The second-order valence-corrected chi connectivity index (χ2v) is 8.69. The van der Waals surface area contributed by atoms with Crippen molar-refractivity contribution in [3.05, 3.63) is 45.8 Å². The smallest absolute Gasteiger partial charge is 0.341 e. The third-order valence-corrected chi connectivity index (χ3v) is 5.87. The number of carbonyl (C=O) groups is 1. The first kappa shape index (κ1) is 18.0. The minimum absolute atomic E-state index is 0.136. The molecule has 1 aromatic carbocycles. The van der Waals surface area contributed by atoms with E-state index in [1.165, 1.54) is 22.4 Å². The number of fused-ring (bicyclic) bond motifs is 1. The second kappa shape index (κ2) is 7.20. The zero-order valence-electron chi connectivity index (χ0n) is 15.6. The topological polar surface area (TPSA) is 38.3 Å². The van der Waals surface area contributed by atoms with Crippen LogP contribution in [0.1, 0.15) is 66.9 Å². The summed E-state index contributed by atoms with van der Waals surface area (Å²) in [5, 5.41) is 4.39. The third kappa shape index (κ3) is 3.90. The van der Waals surface area contributed by atoms with Crippen LogP contribution in [-0.2, 0) is 23.0 Å². The van der Waals surface area contributed by atoms with Gasteiger partial charge in [-0.2, -0.15) is 0 Å². The van der Waals surface area contributed by atoms with Crippen molar-refractivity contribution in [1.29, 1.82) is 0 Å². The van der Waals surface area contributed by atoms with Crippen molar-refractivity contribution in [2.45, 2.75) is 58.8 Å². The second-order valence-electron chi connectivity index (χ2n) is 7.59. The highest BCUT2D eigenvalue weighted by Gasteiger charge is 2.26. The Morgan fingerprint density at radius 3 is 2.48 bits per heavy atom. The fourth-order valence-corrected chi connectivity index (χ4v) is 4.56. The summed E-state index contributed by atoms with van der Waals surface area (Å²) in [5.41, 5.74) is 4.40. The summed E-state index contributed by atoms with van der Waals surface area (Å²) in [6.07, 6.45) is 4.40. The maximum absolute atomic E-state index is 12.5. The number of thiophene rings is 1. The predicted molar refractivity (Wildman–Crippen MR) is 105 cm³/mol. The first-order chi connectivity index (χ1) is 11.9. The molecule has 0 fully saturated rings. The molecular weight excluding hydrogens is 330 g/mol. The van der Waals surface area contributed by atoms with Gasteiger partial charge < -0.3 is 10.1 Å². The Kier molecular flexibility index (Phi) is 5.19. The van der Waals surface area contributed by atoms with E-state index in [0.717, 1.165) is 35.5 Å². The van der Waals surface area contributed by atoms with Gasteiger partial charge in [0.1, 0.15) is 5.00 Å². The number of hydrogen-bond acceptors (Lipinski definition) is 4. The van der Waals surface area contributed by atoms with Gasteiger partial charge in [0.05, 0.1) is 12.2 Å². The summed E-state index contributed by atoms with van der Waals surface area (Å²) in [7, 11) is 0. The fourth-order valence-electron chi connectivity index (χ4n) is 3.26. The van der Waals surface area contributed by atoms with E-state index in [2.05, 4.69) is 50.4 Å². The van der Waals surface area contributed by atoms with Gasteiger partial charge in [0, 0.05) is 10.6 Å². The van der Waals surface area contributed by atoms with E-state index in [-0.39, 0.29) is 11.4 Å². The van der Waals surface area contributed by atoms with Crippen LogP contribution in [0.5, 0.6) is 0 Å². The van der Waals surface area contributed by atoms with E-state index in [9.17, 15) is 4.79 Å². The minimum atomic E-state index is -0.198. The largest absolute Gasteiger partial charge is 0.462 e. The highest BCUT2D eigenvalue weighted by molar-refractivity contribution is 7.16. The standard InChI is InChI=1S/C21H27NO2S/c1-5-24-20(23)18-16-8-6-7-9-17(16)25-19(18)22-15-12-10-14(11-13-15)21(2,3)4/h10-13,22H,5-9H2,1-4H3. The molecule has 1 N–H and O–H groups in total. The van der Waals surface area contributed by atoms with E-state index in [4.69, 9.17) is 4.74 Å².